The van der Waals surface area contributed by atoms with Crippen LogP contribution < -0.4 is 0 Å². The molecule has 1 aliphatic rings. The van der Waals surface area contributed by atoms with Crippen LogP contribution >= 0.6 is 9.24 Å². The summed E-state index contributed by atoms with van der Waals surface area (Å²) in [6, 6.07) is 6.10. The first-order valence-electron chi connectivity index (χ1n) is 6.44. The number of ketones is 1. The second-order valence-electron chi connectivity index (χ2n) is 5.31. The van der Waals surface area contributed by atoms with E-state index in [0.29, 0.717) is 5.78 Å². The quantitative estimate of drug-likeness (QED) is 0.569. The van der Waals surface area contributed by atoms with Crippen LogP contribution in [0.2, 0.25) is 0 Å². The highest BCUT2D eigenvalue weighted by atomic mass is 31.0. The van der Waals surface area contributed by atoms with Crippen LogP contribution in [-0.2, 0) is 0 Å². The van der Waals surface area contributed by atoms with E-state index in [9.17, 15) is 4.79 Å². The van der Waals surface area contributed by atoms with E-state index in [1.54, 1.807) is 0 Å². The van der Waals surface area contributed by atoms with Gasteiger partial charge in [0, 0.05) is 10.7 Å². The minimum atomic E-state index is -0.199. The van der Waals surface area contributed by atoms with Gasteiger partial charge in [0.2, 0.25) is 0 Å². The summed E-state index contributed by atoms with van der Waals surface area (Å²) in [4.78, 5) is 12.7. The van der Waals surface area contributed by atoms with Crippen molar-refractivity contribution in [1.82, 2.24) is 0 Å². The lowest BCUT2D eigenvalue weighted by atomic mass is 9.81. The first-order chi connectivity index (χ1) is 8.04. The SMILES string of the molecule is Cc1cccc(C)c1C(=O)C1(P)CCCCC1. The molecule has 1 atom stereocenters. The number of hydrogen-bond acceptors (Lipinski definition) is 1. The largest absolute Gasteiger partial charge is 0.293 e. The highest BCUT2D eigenvalue weighted by molar-refractivity contribution is 7.21. The summed E-state index contributed by atoms with van der Waals surface area (Å²) in [7, 11) is 2.85. The molecule has 0 heterocycles. The van der Waals surface area contributed by atoms with E-state index in [0.717, 1.165) is 29.5 Å². The number of carbonyl (C=O) groups is 1. The van der Waals surface area contributed by atoms with Crippen LogP contribution in [0.4, 0.5) is 0 Å². The van der Waals surface area contributed by atoms with Crippen LogP contribution in [0.25, 0.3) is 0 Å². The Morgan fingerprint density at radius 3 is 2.18 bits per heavy atom. The van der Waals surface area contributed by atoms with E-state index in [1.807, 2.05) is 32.0 Å². The first kappa shape index (κ1) is 12.8. The highest BCUT2D eigenvalue weighted by Gasteiger charge is 2.36. The third-order valence-electron chi connectivity index (χ3n) is 3.91. The monoisotopic (exact) mass is 248 g/mol. The van der Waals surface area contributed by atoms with Gasteiger partial charge in [-0.1, -0.05) is 37.5 Å². The van der Waals surface area contributed by atoms with Crippen molar-refractivity contribution >= 4 is 15.0 Å². The predicted molar refractivity (Wildman–Crippen MR) is 75.8 cm³/mol. The molecule has 0 spiro atoms. The Morgan fingerprint density at radius 1 is 1.12 bits per heavy atom. The Labute approximate surface area is 106 Å². The second-order valence-corrected chi connectivity index (χ2v) is 6.42. The lowest BCUT2D eigenvalue weighted by molar-refractivity contribution is 0.0916. The molecular weight excluding hydrogens is 227 g/mol. The molecule has 1 unspecified atom stereocenters. The van der Waals surface area contributed by atoms with Gasteiger partial charge in [-0.05, 0) is 37.8 Å². The minimum Gasteiger partial charge on any atom is -0.293 e. The highest BCUT2D eigenvalue weighted by Crippen LogP contribution is 2.39. The molecule has 0 amide bonds. The zero-order valence-corrected chi connectivity index (χ0v) is 11.9. The van der Waals surface area contributed by atoms with Crippen molar-refractivity contribution in [2.45, 2.75) is 51.1 Å². The lowest BCUT2D eigenvalue weighted by Gasteiger charge is -2.32. The summed E-state index contributed by atoms with van der Waals surface area (Å²) in [5.74, 6) is 0.331. The van der Waals surface area contributed by atoms with Gasteiger partial charge in [0.1, 0.15) is 0 Å². The van der Waals surface area contributed by atoms with Crippen molar-refractivity contribution in [2.24, 2.45) is 0 Å². The minimum absolute atomic E-state index is 0.199. The van der Waals surface area contributed by atoms with E-state index < -0.39 is 0 Å². The van der Waals surface area contributed by atoms with Gasteiger partial charge in [-0.2, -0.15) is 0 Å². The fourth-order valence-corrected chi connectivity index (χ4v) is 3.38. The second kappa shape index (κ2) is 4.90. The standard InChI is InChI=1S/C15H21OP/c1-11-7-6-8-12(2)13(11)14(16)15(17)9-4-3-5-10-15/h6-8H,3-5,9-10,17H2,1-2H3. The molecule has 1 nitrogen and oxygen atoms in total. The molecule has 0 bridgehead atoms. The maximum Gasteiger partial charge on any atom is 0.173 e. The van der Waals surface area contributed by atoms with Crippen molar-refractivity contribution < 1.29 is 4.79 Å². The van der Waals surface area contributed by atoms with E-state index in [-0.39, 0.29) is 5.16 Å². The van der Waals surface area contributed by atoms with Crippen LogP contribution in [0, 0.1) is 13.8 Å². The summed E-state index contributed by atoms with van der Waals surface area (Å²) in [5, 5.41) is -0.199. The van der Waals surface area contributed by atoms with Crippen LogP contribution in [0.1, 0.15) is 53.6 Å². The van der Waals surface area contributed by atoms with Gasteiger partial charge < -0.3 is 0 Å². The third-order valence-corrected chi connectivity index (χ3v) is 4.75. The van der Waals surface area contributed by atoms with Gasteiger partial charge in [-0.15, -0.1) is 9.24 Å². The van der Waals surface area contributed by atoms with E-state index in [4.69, 9.17) is 0 Å². The Hall–Kier alpha value is -0.680. The van der Waals surface area contributed by atoms with Crippen LogP contribution in [0.3, 0.4) is 0 Å². The molecule has 1 aromatic carbocycles. The summed E-state index contributed by atoms with van der Waals surface area (Å²) in [6.45, 7) is 4.08. The zero-order chi connectivity index (χ0) is 12.5. The maximum absolute atomic E-state index is 12.7. The van der Waals surface area contributed by atoms with E-state index >= 15 is 0 Å². The molecular formula is C15H21OP. The summed E-state index contributed by atoms with van der Waals surface area (Å²) >= 11 is 0. The van der Waals surface area contributed by atoms with E-state index in [2.05, 4.69) is 9.24 Å². The van der Waals surface area contributed by atoms with Gasteiger partial charge in [-0.25, -0.2) is 0 Å². The maximum atomic E-state index is 12.7. The van der Waals surface area contributed by atoms with Gasteiger partial charge in [0.25, 0.3) is 0 Å². The van der Waals surface area contributed by atoms with Crippen molar-refractivity contribution in [2.75, 3.05) is 0 Å². The molecule has 1 aliphatic carbocycles. The van der Waals surface area contributed by atoms with E-state index in [1.165, 1.54) is 19.3 Å². The Balaban J connectivity index is 2.36. The number of benzene rings is 1. The van der Waals surface area contributed by atoms with Gasteiger partial charge in [0.15, 0.2) is 5.78 Å². The number of rotatable bonds is 2. The number of carbonyl (C=O) groups excluding carboxylic acids is 1. The molecule has 0 N–H and O–H groups in total. The van der Waals surface area contributed by atoms with Crippen molar-refractivity contribution in [1.29, 1.82) is 0 Å². The molecule has 0 radical (unpaired) electrons. The smallest absolute Gasteiger partial charge is 0.173 e. The van der Waals surface area contributed by atoms with Crippen LogP contribution in [-0.4, -0.2) is 10.9 Å². The Morgan fingerprint density at radius 2 is 1.65 bits per heavy atom. The fourth-order valence-electron chi connectivity index (χ4n) is 2.83. The van der Waals surface area contributed by atoms with Crippen molar-refractivity contribution in [3.63, 3.8) is 0 Å². The molecule has 2 heteroatoms. The fraction of sp³-hybridized carbons (Fsp3) is 0.533. The molecule has 17 heavy (non-hydrogen) atoms. The average molecular weight is 248 g/mol. The van der Waals surface area contributed by atoms with Gasteiger partial charge in [-0.3, -0.25) is 4.79 Å². The Kier molecular flexibility index (Phi) is 3.68. The third kappa shape index (κ3) is 2.45. The molecule has 2 rings (SSSR count). The molecule has 1 saturated carbocycles. The van der Waals surface area contributed by atoms with Gasteiger partial charge in [0.05, 0.1) is 0 Å². The molecule has 92 valence electrons. The Bertz CT molecular complexity index is 410. The van der Waals surface area contributed by atoms with Gasteiger partial charge >= 0.3 is 0 Å². The van der Waals surface area contributed by atoms with Crippen molar-refractivity contribution in [3.05, 3.63) is 34.9 Å². The number of aryl methyl sites for hydroxylation is 2. The number of hydrogen-bond donors (Lipinski definition) is 0. The van der Waals surface area contributed by atoms with Crippen LogP contribution in [0.15, 0.2) is 18.2 Å². The summed E-state index contributed by atoms with van der Waals surface area (Å²) in [6.07, 6.45) is 5.67. The first-order valence-corrected chi connectivity index (χ1v) is 7.02. The summed E-state index contributed by atoms with van der Waals surface area (Å²) in [5.41, 5.74) is 3.18. The molecule has 0 aliphatic heterocycles. The molecule has 0 saturated heterocycles. The normalized spacial score (nSPS) is 19.0. The predicted octanol–water partition coefficient (Wildman–Crippen LogP) is 4.06. The van der Waals surface area contributed by atoms with Crippen molar-refractivity contribution in [3.8, 4) is 0 Å². The molecule has 1 aromatic rings. The van der Waals surface area contributed by atoms with Crippen LogP contribution in [0.5, 0.6) is 0 Å². The average Bonchev–Trinajstić information content (AvgIpc) is 2.29. The molecule has 1 fully saturated rings. The number of Topliss-reactive ketones (excluding diaryl/α,β-unsaturated/α-hetero) is 1. The lowest BCUT2D eigenvalue weighted by Crippen LogP contribution is -2.35. The molecule has 0 aromatic heterocycles. The topological polar surface area (TPSA) is 17.1 Å². The summed E-state index contributed by atoms with van der Waals surface area (Å²) < 4.78 is 0. The zero-order valence-electron chi connectivity index (χ0n) is 10.8.